The predicted octanol–water partition coefficient (Wildman–Crippen LogP) is 0.400. The summed E-state index contributed by atoms with van der Waals surface area (Å²) in [5.74, 6) is -2.43. The van der Waals surface area contributed by atoms with Gasteiger partial charge in [-0.15, -0.1) is 0 Å². The van der Waals surface area contributed by atoms with Gasteiger partial charge in [-0.2, -0.15) is 5.10 Å². The first-order valence-corrected chi connectivity index (χ1v) is 5.35. The fourth-order valence-electron chi connectivity index (χ4n) is 1.28. The minimum Gasteiger partial charge on any atom is -0.480 e. The molecule has 0 amide bonds. The second kappa shape index (κ2) is 6.83. The van der Waals surface area contributed by atoms with Gasteiger partial charge in [0.25, 0.3) is 5.69 Å². The van der Waals surface area contributed by atoms with Crippen LogP contribution in [0, 0.1) is 10.1 Å². The second-order valence-electron chi connectivity index (χ2n) is 3.70. The van der Waals surface area contributed by atoms with Gasteiger partial charge >= 0.3 is 11.9 Å². The van der Waals surface area contributed by atoms with Crippen molar-refractivity contribution in [2.75, 3.05) is 13.1 Å². The average Bonchev–Trinajstić information content (AvgIpc) is 2.35. The van der Waals surface area contributed by atoms with Gasteiger partial charge in [0.15, 0.2) is 0 Å². The Morgan fingerprint density at radius 2 is 1.70 bits per heavy atom. The van der Waals surface area contributed by atoms with Crippen LogP contribution in [0.2, 0.25) is 0 Å². The van der Waals surface area contributed by atoms with Crippen LogP contribution in [0.1, 0.15) is 5.56 Å². The van der Waals surface area contributed by atoms with Crippen molar-refractivity contribution in [3.63, 3.8) is 0 Å². The van der Waals surface area contributed by atoms with E-state index in [1.54, 1.807) is 0 Å². The summed E-state index contributed by atoms with van der Waals surface area (Å²) in [6, 6.07) is 5.36. The zero-order valence-electron chi connectivity index (χ0n) is 10.2. The Balaban J connectivity index is 2.78. The van der Waals surface area contributed by atoms with E-state index in [2.05, 4.69) is 5.10 Å². The van der Waals surface area contributed by atoms with Gasteiger partial charge in [0.2, 0.25) is 0 Å². The van der Waals surface area contributed by atoms with Crippen molar-refractivity contribution in [3.05, 3.63) is 39.9 Å². The van der Waals surface area contributed by atoms with Crippen LogP contribution in [0.25, 0.3) is 0 Å². The molecule has 106 valence electrons. The molecule has 0 unspecified atom stereocenters. The summed E-state index contributed by atoms with van der Waals surface area (Å²) in [5.41, 5.74) is 0.395. The van der Waals surface area contributed by atoms with Gasteiger partial charge in [0.1, 0.15) is 13.1 Å². The quantitative estimate of drug-likeness (QED) is 0.419. The monoisotopic (exact) mass is 281 g/mol. The Morgan fingerprint density at radius 3 is 2.10 bits per heavy atom. The summed E-state index contributed by atoms with van der Waals surface area (Å²) in [6.07, 6.45) is 1.23. The molecule has 0 saturated carbocycles. The number of hydrogen-bond acceptors (Lipinski definition) is 6. The summed E-state index contributed by atoms with van der Waals surface area (Å²) >= 11 is 0. The number of nitro groups is 1. The van der Waals surface area contributed by atoms with Crippen molar-refractivity contribution in [3.8, 4) is 0 Å². The normalized spacial score (nSPS) is 10.4. The Bertz CT molecular complexity index is 524. The molecule has 0 aliphatic heterocycles. The minimum absolute atomic E-state index is 0.0879. The molecule has 9 nitrogen and oxygen atoms in total. The molecule has 1 aromatic carbocycles. The Morgan fingerprint density at radius 1 is 1.20 bits per heavy atom. The lowest BCUT2D eigenvalue weighted by molar-refractivity contribution is -0.384. The molecule has 0 heterocycles. The first-order chi connectivity index (χ1) is 9.38. The Kier molecular flexibility index (Phi) is 5.15. The number of nitro benzene ring substituents is 1. The molecule has 0 atom stereocenters. The fraction of sp³-hybridized carbons (Fsp3) is 0.182. The molecule has 2 N–H and O–H groups in total. The van der Waals surface area contributed by atoms with Gasteiger partial charge in [0.05, 0.1) is 11.1 Å². The third kappa shape index (κ3) is 5.12. The lowest BCUT2D eigenvalue weighted by Gasteiger charge is -2.13. The highest BCUT2D eigenvalue weighted by atomic mass is 16.6. The molecular formula is C11H11N3O6. The molecule has 0 spiro atoms. The Labute approximate surface area is 112 Å². The number of hydrogen-bond donors (Lipinski definition) is 2. The van der Waals surface area contributed by atoms with E-state index in [1.165, 1.54) is 30.5 Å². The fourth-order valence-corrected chi connectivity index (χ4v) is 1.28. The number of aliphatic carboxylic acids is 2. The summed E-state index contributed by atoms with van der Waals surface area (Å²) in [5, 5.41) is 32.2. The van der Waals surface area contributed by atoms with E-state index in [0.29, 0.717) is 5.56 Å². The molecule has 0 aliphatic rings. The van der Waals surface area contributed by atoms with E-state index in [1.807, 2.05) is 0 Å². The number of hydrazone groups is 1. The molecule has 0 aliphatic carbocycles. The summed E-state index contributed by atoms with van der Waals surface area (Å²) < 4.78 is 0. The third-order valence-corrected chi connectivity index (χ3v) is 2.11. The van der Waals surface area contributed by atoms with E-state index in [0.717, 1.165) is 5.01 Å². The number of benzene rings is 1. The summed E-state index contributed by atoms with van der Waals surface area (Å²) in [4.78, 5) is 31.0. The number of rotatable bonds is 7. The van der Waals surface area contributed by atoms with Crippen LogP contribution in [0.4, 0.5) is 5.69 Å². The maximum absolute atomic E-state index is 10.5. The van der Waals surface area contributed by atoms with Crippen LogP contribution < -0.4 is 0 Å². The summed E-state index contributed by atoms with van der Waals surface area (Å²) in [6.45, 7) is -1.12. The summed E-state index contributed by atoms with van der Waals surface area (Å²) in [7, 11) is 0. The standard InChI is InChI=1S/C11H11N3O6/c15-10(16)6-13(7-11(17)18)12-5-8-1-3-9(4-2-8)14(19)20/h1-5H,6-7H2,(H,15,16)(H,17,18)/b12-5-. The number of carbonyl (C=O) groups is 2. The highest BCUT2D eigenvalue weighted by Crippen LogP contribution is 2.10. The molecule has 0 aromatic heterocycles. The van der Waals surface area contributed by atoms with E-state index < -0.39 is 30.0 Å². The predicted molar refractivity (Wildman–Crippen MR) is 67.5 cm³/mol. The first-order valence-electron chi connectivity index (χ1n) is 5.35. The van der Waals surface area contributed by atoms with Crippen molar-refractivity contribution >= 4 is 23.8 Å². The van der Waals surface area contributed by atoms with E-state index in [-0.39, 0.29) is 5.69 Å². The van der Waals surface area contributed by atoms with Gasteiger partial charge in [-0.25, -0.2) is 0 Å². The molecule has 0 radical (unpaired) electrons. The van der Waals surface area contributed by atoms with Crippen molar-refractivity contribution in [1.82, 2.24) is 5.01 Å². The molecule has 0 fully saturated rings. The molecule has 9 heteroatoms. The smallest absolute Gasteiger partial charge is 0.324 e. The zero-order valence-corrected chi connectivity index (χ0v) is 10.2. The third-order valence-electron chi connectivity index (χ3n) is 2.11. The van der Waals surface area contributed by atoms with E-state index >= 15 is 0 Å². The highest BCUT2D eigenvalue weighted by molar-refractivity contribution is 5.80. The van der Waals surface area contributed by atoms with E-state index in [9.17, 15) is 19.7 Å². The molecular weight excluding hydrogens is 270 g/mol. The van der Waals surface area contributed by atoms with Gasteiger partial charge in [0, 0.05) is 12.1 Å². The maximum Gasteiger partial charge on any atom is 0.324 e. The van der Waals surface area contributed by atoms with Crippen LogP contribution in [-0.2, 0) is 9.59 Å². The number of carboxylic acids is 2. The van der Waals surface area contributed by atoms with Gasteiger partial charge in [-0.1, -0.05) is 0 Å². The maximum atomic E-state index is 10.5. The van der Waals surface area contributed by atoms with Crippen LogP contribution >= 0.6 is 0 Å². The molecule has 20 heavy (non-hydrogen) atoms. The topological polar surface area (TPSA) is 133 Å². The van der Waals surface area contributed by atoms with Crippen molar-refractivity contribution < 1.29 is 24.7 Å². The van der Waals surface area contributed by atoms with Crippen LogP contribution in [0.15, 0.2) is 29.4 Å². The highest BCUT2D eigenvalue weighted by Gasteiger charge is 2.10. The molecule has 0 saturated heterocycles. The van der Waals surface area contributed by atoms with Gasteiger partial charge in [-0.3, -0.25) is 24.7 Å². The van der Waals surface area contributed by atoms with E-state index in [4.69, 9.17) is 10.2 Å². The average molecular weight is 281 g/mol. The number of non-ortho nitro benzene ring substituents is 1. The molecule has 0 bridgehead atoms. The largest absolute Gasteiger partial charge is 0.480 e. The Hall–Kier alpha value is -2.97. The first kappa shape index (κ1) is 15.1. The molecule has 1 rings (SSSR count). The lowest BCUT2D eigenvalue weighted by atomic mass is 10.2. The zero-order chi connectivity index (χ0) is 15.1. The van der Waals surface area contributed by atoms with Crippen molar-refractivity contribution in [1.29, 1.82) is 0 Å². The van der Waals surface area contributed by atoms with Crippen molar-refractivity contribution in [2.45, 2.75) is 0 Å². The minimum atomic E-state index is -1.22. The van der Waals surface area contributed by atoms with Crippen LogP contribution in [0.3, 0.4) is 0 Å². The van der Waals surface area contributed by atoms with Gasteiger partial charge < -0.3 is 10.2 Å². The lowest BCUT2D eigenvalue weighted by Crippen LogP contribution is -2.30. The second-order valence-corrected chi connectivity index (χ2v) is 3.70. The van der Waals surface area contributed by atoms with Crippen LogP contribution in [-0.4, -0.2) is 51.4 Å². The SMILES string of the molecule is O=C(O)CN(CC(=O)O)/N=C\c1ccc([N+](=O)[O-])cc1. The van der Waals surface area contributed by atoms with Crippen molar-refractivity contribution in [2.24, 2.45) is 5.10 Å². The molecule has 1 aromatic rings. The van der Waals surface area contributed by atoms with Gasteiger partial charge in [-0.05, 0) is 17.7 Å². The number of carboxylic acid groups (broad SMARTS) is 2. The number of nitrogens with zero attached hydrogens (tertiary/aromatic N) is 3. The van der Waals surface area contributed by atoms with Crippen LogP contribution in [0.5, 0.6) is 0 Å².